The van der Waals surface area contributed by atoms with Gasteiger partial charge in [-0.25, -0.2) is 0 Å². The monoisotopic (exact) mass is 445 g/mol. The molecule has 0 saturated heterocycles. The van der Waals surface area contributed by atoms with Crippen LogP contribution in [0.1, 0.15) is 91.4 Å². The summed E-state index contributed by atoms with van der Waals surface area (Å²) in [6.45, 7) is 11.1. The highest BCUT2D eigenvalue weighted by atomic mass is 16.5. The number of pyridine rings is 1. The molecule has 0 aliphatic heterocycles. The van der Waals surface area contributed by atoms with Crippen LogP contribution in [0.3, 0.4) is 0 Å². The van der Waals surface area contributed by atoms with Crippen LogP contribution in [0.5, 0.6) is 5.75 Å². The average molecular weight is 446 g/mol. The van der Waals surface area contributed by atoms with Crippen molar-refractivity contribution in [3.05, 3.63) is 93.8 Å². The van der Waals surface area contributed by atoms with Crippen molar-refractivity contribution >= 4 is 0 Å². The van der Waals surface area contributed by atoms with Gasteiger partial charge in [-0.3, -0.25) is 4.98 Å². The van der Waals surface area contributed by atoms with Gasteiger partial charge in [-0.05, 0) is 59.9 Å². The van der Waals surface area contributed by atoms with Crippen molar-refractivity contribution in [2.24, 2.45) is 5.41 Å². The molecule has 4 rings (SSSR count). The number of aromatic nitrogens is 1. The summed E-state index contributed by atoms with van der Waals surface area (Å²) in [5, 5.41) is 22.4. The lowest BCUT2D eigenvalue weighted by Crippen LogP contribution is -2.29. The Bertz CT molecular complexity index is 1100. The van der Waals surface area contributed by atoms with E-state index in [4.69, 9.17) is 9.72 Å². The SMILES string of the molecule is Cc1c2c(nc(C(C)C)c1[C@@H](O)c1ccc(OCc3ccccc3)cc1)CC(C)(C)CC2O. The first kappa shape index (κ1) is 23.5. The predicted molar refractivity (Wildman–Crippen MR) is 131 cm³/mol. The third-order valence-corrected chi connectivity index (χ3v) is 6.64. The first-order valence-electron chi connectivity index (χ1n) is 11.8. The predicted octanol–water partition coefficient (Wildman–Crippen LogP) is 6.18. The Labute approximate surface area is 197 Å². The van der Waals surface area contributed by atoms with Gasteiger partial charge >= 0.3 is 0 Å². The largest absolute Gasteiger partial charge is 0.489 e. The number of ether oxygens (including phenoxy) is 1. The van der Waals surface area contributed by atoms with Crippen LogP contribution in [0.15, 0.2) is 54.6 Å². The second-order valence-electron chi connectivity index (χ2n) is 10.4. The molecule has 1 aliphatic carbocycles. The van der Waals surface area contributed by atoms with Crippen molar-refractivity contribution in [2.75, 3.05) is 0 Å². The van der Waals surface area contributed by atoms with E-state index in [1.807, 2.05) is 61.5 Å². The number of nitrogens with zero attached hydrogens (tertiary/aromatic N) is 1. The molecule has 1 aliphatic rings. The second-order valence-corrected chi connectivity index (χ2v) is 10.4. The maximum absolute atomic E-state index is 11.4. The molecule has 1 unspecified atom stereocenters. The van der Waals surface area contributed by atoms with Gasteiger partial charge in [0.1, 0.15) is 18.5 Å². The molecule has 3 aromatic rings. The summed E-state index contributed by atoms with van der Waals surface area (Å²) >= 11 is 0. The minimum atomic E-state index is -0.814. The van der Waals surface area contributed by atoms with E-state index in [0.29, 0.717) is 13.0 Å². The lowest BCUT2D eigenvalue weighted by atomic mass is 9.72. The van der Waals surface area contributed by atoms with Crippen molar-refractivity contribution in [3.8, 4) is 5.75 Å². The number of benzene rings is 2. The van der Waals surface area contributed by atoms with E-state index in [2.05, 4.69) is 27.7 Å². The fraction of sp³-hybridized carbons (Fsp3) is 0.414. The van der Waals surface area contributed by atoms with Gasteiger partial charge in [0.2, 0.25) is 0 Å². The molecule has 4 heteroatoms. The molecular formula is C29H35NO3. The van der Waals surface area contributed by atoms with Gasteiger partial charge in [0.15, 0.2) is 0 Å². The molecule has 2 N–H and O–H groups in total. The maximum atomic E-state index is 11.4. The zero-order chi connectivity index (χ0) is 23.8. The van der Waals surface area contributed by atoms with Crippen molar-refractivity contribution in [2.45, 2.75) is 72.2 Å². The molecule has 0 radical (unpaired) electrons. The zero-order valence-corrected chi connectivity index (χ0v) is 20.3. The van der Waals surface area contributed by atoms with Crippen LogP contribution in [-0.4, -0.2) is 15.2 Å². The number of aliphatic hydroxyl groups excluding tert-OH is 2. The standard InChI is InChI=1S/C29H35NO3/c1-18(2)27-26(19(3)25-23(30-27)15-29(4,5)16-24(25)31)28(32)21-11-13-22(14-12-21)33-17-20-9-7-6-8-10-20/h6-14,18,24,28,31-32H,15-17H2,1-5H3/t24?,28-/m0/s1. The van der Waals surface area contributed by atoms with Crippen LogP contribution in [0, 0.1) is 12.3 Å². The number of hydrogen-bond donors (Lipinski definition) is 2. The first-order chi connectivity index (χ1) is 15.7. The van der Waals surface area contributed by atoms with Crippen molar-refractivity contribution in [3.63, 3.8) is 0 Å². The summed E-state index contributed by atoms with van der Waals surface area (Å²) in [5.74, 6) is 0.922. The highest BCUT2D eigenvalue weighted by Gasteiger charge is 2.36. The fourth-order valence-electron chi connectivity index (χ4n) is 4.99. The highest BCUT2D eigenvalue weighted by molar-refractivity contribution is 5.48. The summed E-state index contributed by atoms with van der Waals surface area (Å²) < 4.78 is 5.90. The third-order valence-electron chi connectivity index (χ3n) is 6.64. The number of aliphatic hydroxyl groups is 2. The fourth-order valence-corrected chi connectivity index (χ4v) is 4.99. The number of rotatable bonds is 6. The molecule has 1 heterocycles. The number of hydrogen-bond acceptors (Lipinski definition) is 4. The smallest absolute Gasteiger partial charge is 0.119 e. The van der Waals surface area contributed by atoms with E-state index in [1.165, 1.54) is 0 Å². The van der Waals surface area contributed by atoms with Crippen molar-refractivity contribution in [1.29, 1.82) is 0 Å². The molecular weight excluding hydrogens is 410 g/mol. The topological polar surface area (TPSA) is 62.6 Å². The average Bonchev–Trinajstić information content (AvgIpc) is 2.77. The van der Waals surface area contributed by atoms with Gasteiger partial charge < -0.3 is 14.9 Å². The molecule has 2 atom stereocenters. The summed E-state index contributed by atoms with van der Waals surface area (Å²) in [5.41, 5.74) is 6.48. The Hall–Kier alpha value is -2.69. The lowest BCUT2D eigenvalue weighted by Gasteiger charge is -2.36. The Kier molecular flexibility index (Phi) is 6.60. The van der Waals surface area contributed by atoms with E-state index < -0.39 is 12.2 Å². The first-order valence-corrected chi connectivity index (χ1v) is 11.8. The number of fused-ring (bicyclic) bond motifs is 1. The van der Waals surface area contributed by atoms with Crippen LogP contribution >= 0.6 is 0 Å². The van der Waals surface area contributed by atoms with E-state index in [0.717, 1.165) is 51.4 Å². The molecule has 0 saturated carbocycles. The minimum absolute atomic E-state index is 0.00974. The van der Waals surface area contributed by atoms with E-state index >= 15 is 0 Å². The molecule has 33 heavy (non-hydrogen) atoms. The Morgan fingerprint density at radius 3 is 2.36 bits per heavy atom. The minimum Gasteiger partial charge on any atom is -0.489 e. The molecule has 0 fully saturated rings. The third kappa shape index (κ3) is 4.97. The van der Waals surface area contributed by atoms with Gasteiger partial charge in [0.25, 0.3) is 0 Å². The van der Waals surface area contributed by atoms with Gasteiger partial charge in [-0.1, -0.05) is 70.2 Å². The van der Waals surface area contributed by atoms with Gasteiger partial charge in [-0.15, -0.1) is 0 Å². The quantitative estimate of drug-likeness (QED) is 0.476. The van der Waals surface area contributed by atoms with E-state index in [1.54, 1.807) is 0 Å². The Morgan fingerprint density at radius 2 is 1.73 bits per heavy atom. The second kappa shape index (κ2) is 9.28. The molecule has 0 bridgehead atoms. The van der Waals surface area contributed by atoms with Crippen molar-refractivity contribution in [1.82, 2.24) is 4.98 Å². The summed E-state index contributed by atoms with van der Waals surface area (Å²) in [6, 6.07) is 17.7. The normalized spacial score (nSPS) is 18.1. The molecule has 4 nitrogen and oxygen atoms in total. The van der Waals surface area contributed by atoms with Crippen molar-refractivity contribution < 1.29 is 14.9 Å². The van der Waals surface area contributed by atoms with Crippen LogP contribution in [0.25, 0.3) is 0 Å². The zero-order valence-electron chi connectivity index (χ0n) is 20.3. The Balaban J connectivity index is 1.63. The molecule has 174 valence electrons. The van der Waals surface area contributed by atoms with Crippen LogP contribution in [0.4, 0.5) is 0 Å². The van der Waals surface area contributed by atoms with Crippen LogP contribution in [-0.2, 0) is 13.0 Å². The van der Waals surface area contributed by atoms with Gasteiger partial charge in [0.05, 0.1) is 6.10 Å². The van der Waals surface area contributed by atoms with Crippen LogP contribution < -0.4 is 4.74 Å². The highest BCUT2D eigenvalue weighted by Crippen LogP contribution is 2.44. The summed E-state index contributed by atoms with van der Waals surface area (Å²) in [6.07, 6.45) is 0.165. The van der Waals surface area contributed by atoms with E-state index in [-0.39, 0.29) is 11.3 Å². The molecule has 1 aromatic heterocycles. The Morgan fingerprint density at radius 1 is 1.06 bits per heavy atom. The van der Waals surface area contributed by atoms with E-state index in [9.17, 15) is 10.2 Å². The summed E-state index contributed by atoms with van der Waals surface area (Å²) in [7, 11) is 0. The molecule has 2 aromatic carbocycles. The summed E-state index contributed by atoms with van der Waals surface area (Å²) in [4.78, 5) is 5.00. The molecule has 0 spiro atoms. The van der Waals surface area contributed by atoms with Gasteiger partial charge in [-0.2, -0.15) is 0 Å². The van der Waals surface area contributed by atoms with Gasteiger partial charge in [0, 0.05) is 22.5 Å². The van der Waals surface area contributed by atoms with Crippen LogP contribution in [0.2, 0.25) is 0 Å². The maximum Gasteiger partial charge on any atom is 0.119 e. The lowest BCUT2D eigenvalue weighted by molar-refractivity contribution is 0.0968. The molecule has 0 amide bonds.